The molecular formula is C17H20N4O3. The average molecular weight is 328 g/mol. The number of rotatable bonds is 3. The van der Waals surface area contributed by atoms with Crippen LogP contribution in [0.5, 0.6) is 0 Å². The van der Waals surface area contributed by atoms with Gasteiger partial charge in [-0.2, -0.15) is 0 Å². The molecule has 0 aliphatic carbocycles. The van der Waals surface area contributed by atoms with Crippen molar-refractivity contribution in [3.8, 4) is 0 Å². The molecule has 1 aromatic heterocycles. The van der Waals surface area contributed by atoms with Crippen LogP contribution in [0.4, 0.5) is 11.4 Å². The second-order valence-electron chi connectivity index (χ2n) is 5.93. The number of hydrogen-bond acceptors (Lipinski definition) is 5. The van der Waals surface area contributed by atoms with Gasteiger partial charge in [-0.05, 0) is 13.0 Å². The number of carbonyl (C=O) groups is 1. The number of fused-ring (bicyclic) bond motifs is 1. The number of nitro groups is 1. The fourth-order valence-corrected chi connectivity index (χ4v) is 3.17. The van der Waals surface area contributed by atoms with Crippen LogP contribution in [0.25, 0.3) is 10.9 Å². The summed E-state index contributed by atoms with van der Waals surface area (Å²) in [4.78, 5) is 31.1. The Balaban J connectivity index is 1.97. The van der Waals surface area contributed by atoms with E-state index in [9.17, 15) is 14.9 Å². The summed E-state index contributed by atoms with van der Waals surface area (Å²) in [5, 5.41) is 12.1. The van der Waals surface area contributed by atoms with Crippen LogP contribution in [0.15, 0.2) is 24.3 Å². The molecule has 7 heteroatoms. The van der Waals surface area contributed by atoms with E-state index in [0.29, 0.717) is 38.1 Å². The van der Waals surface area contributed by atoms with Crippen molar-refractivity contribution in [1.29, 1.82) is 0 Å². The first-order chi connectivity index (χ1) is 11.5. The molecular weight excluding hydrogens is 308 g/mol. The fourth-order valence-electron chi connectivity index (χ4n) is 3.17. The predicted molar refractivity (Wildman–Crippen MR) is 92.2 cm³/mol. The van der Waals surface area contributed by atoms with Crippen LogP contribution in [-0.4, -0.2) is 46.9 Å². The van der Waals surface area contributed by atoms with E-state index in [1.54, 1.807) is 6.07 Å². The van der Waals surface area contributed by atoms with Crippen molar-refractivity contribution in [2.24, 2.45) is 0 Å². The number of amides is 1. The third kappa shape index (κ3) is 2.89. The molecule has 1 aliphatic rings. The molecule has 1 aliphatic heterocycles. The maximum atomic E-state index is 11.8. The largest absolute Gasteiger partial charge is 0.367 e. The van der Waals surface area contributed by atoms with E-state index in [1.807, 2.05) is 30.9 Å². The van der Waals surface area contributed by atoms with Gasteiger partial charge in [-0.15, -0.1) is 0 Å². The number of hydrogen-bond donors (Lipinski definition) is 0. The normalized spacial score (nSPS) is 14.9. The van der Waals surface area contributed by atoms with Crippen LogP contribution in [0.1, 0.15) is 19.0 Å². The van der Waals surface area contributed by atoms with Crippen molar-refractivity contribution in [3.05, 3.63) is 40.1 Å². The zero-order chi connectivity index (χ0) is 17.3. The Kier molecular flexibility index (Phi) is 4.33. The molecule has 0 atom stereocenters. The number of nitrogens with zero attached hydrogens (tertiary/aromatic N) is 4. The maximum absolute atomic E-state index is 11.8. The van der Waals surface area contributed by atoms with Crippen molar-refractivity contribution in [3.63, 3.8) is 0 Å². The first kappa shape index (κ1) is 16.2. The highest BCUT2D eigenvalue weighted by atomic mass is 16.6. The third-order valence-electron chi connectivity index (χ3n) is 4.40. The first-order valence-corrected chi connectivity index (χ1v) is 8.08. The number of piperazine rings is 1. The lowest BCUT2D eigenvalue weighted by atomic mass is 10.1. The minimum absolute atomic E-state index is 0.0252. The lowest BCUT2D eigenvalue weighted by Gasteiger charge is -2.36. The topological polar surface area (TPSA) is 79.6 Å². The zero-order valence-electron chi connectivity index (χ0n) is 13.9. The third-order valence-corrected chi connectivity index (χ3v) is 4.40. The van der Waals surface area contributed by atoms with Gasteiger partial charge < -0.3 is 9.80 Å². The number of para-hydroxylation sites is 1. The summed E-state index contributed by atoms with van der Waals surface area (Å²) in [5.41, 5.74) is 2.14. The molecule has 0 N–H and O–H groups in total. The highest BCUT2D eigenvalue weighted by Gasteiger charge is 2.23. The molecule has 2 heterocycles. The minimum Gasteiger partial charge on any atom is -0.367 e. The number of non-ortho nitro benzene ring substituents is 1. The summed E-state index contributed by atoms with van der Waals surface area (Å²) >= 11 is 0. The number of aromatic nitrogens is 1. The quantitative estimate of drug-likeness (QED) is 0.639. The van der Waals surface area contributed by atoms with Gasteiger partial charge >= 0.3 is 0 Å². The highest BCUT2D eigenvalue weighted by Crippen LogP contribution is 2.32. The van der Waals surface area contributed by atoms with Crippen molar-refractivity contribution in [1.82, 2.24) is 9.88 Å². The Bertz CT molecular complexity index is 798. The molecule has 3 rings (SSSR count). The van der Waals surface area contributed by atoms with Gasteiger partial charge in [0.05, 0.1) is 4.92 Å². The van der Waals surface area contributed by atoms with Gasteiger partial charge in [0.25, 0.3) is 5.69 Å². The molecule has 0 spiro atoms. The van der Waals surface area contributed by atoms with E-state index in [2.05, 4.69) is 9.88 Å². The van der Waals surface area contributed by atoms with E-state index in [0.717, 1.165) is 16.8 Å². The fraction of sp³-hybridized carbons (Fsp3) is 0.412. The van der Waals surface area contributed by atoms with Crippen LogP contribution in [-0.2, 0) is 4.79 Å². The summed E-state index contributed by atoms with van der Waals surface area (Å²) in [6, 6.07) is 7.01. The molecule has 1 aromatic carbocycles. The molecule has 0 saturated carbocycles. The van der Waals surface area contributed by atoms with Crippen LogP contribution in [0.2, 0.25) is 0 Å². The molecule has 0 bridgehead atoms. The monoisotopic (exact) mass is 328 g/mol. The molecule has 1 saturated heterocycles. The number of aryl methyl sites for hydroxylation is 1. The number of pyridine rings is 1. The van der Waals surface area contributed by atoms with Gasteiger partial charge in [0.15, 0.2) is 5.52 Å². The van der Waals surface area contributed by atoms with E-state index >= 15 is 0 Å². The molecule has 1 amide bonds. The summed E-state index contributed by atoms with van der Waals surface area (Å²) in [7, 11) is 0. The number of benzene rings is 1. The van der Waals surface area contributed by atoms with Crippen LogP contribution < -0.4 is 4.90 Å². The van der Waals surface area contributed by atoms with Crippen LogP contribution in [0.3, 0.4) is 0 Å². The average Bonchev–Trinajstić information content (AvgIpc) is 2.59. The molecule has 7 nitrogen and oxygen atoms in total. The summed E-state index contributed by atoms with van der Waals surface area (Å²) in [6.45, 7) is 6.49. The van der Waals surface area contributed by atoms with E-state index < -0.39 is 4.92 Å². The highest BCUT2D eigenvalue weighted by molar-refractivity contribution is 5.97. The zero-order valence-corrected chi connectivity index (χ0v) is 13.9. The number of nitro benzene ring substituents is 1. The Hall–Kier alpha value is -2.70. The Morgan fingerprint density at radius 1 is 1.29 bits per heavy atom. The second-order valence-corrected chi connectivity index (χ2v) is 5.93. The Morgan fingerprint density at radius 3 is 2.62 bits per heavy atom. The molecule has 126 valence electrons. The lowest BCUT2D eigenvalue weighted by molar-refractivity contribution is -0.383. The van der Waals surface area contributed by atoms with Gasteiger partial charge in [0.1, 0.15) is 0 Å². The van der Waals surface area contributed by atoms with E-state index in [4.69, 9.17) is 0 Å². The standard InChI is InChI=1S/C17H20N4O3/c1-3-16(22)20-9-7-19(8-10-20)15-11-12(2)18-17-13(15)5-4-6-14(17)21(23)24/h4-6,11H,3,7-10H2,1-2H3. The number of anilines is 1. The van der Waals surface area contributed by atoms with Crippen molar-refractivity contribution in [2.45, 2.75) is 20.3 Å². The smallest absolute Gasteiger partial charge is 0.295 e. The van der Waals surface area contributed by atoms with Crippen molar-refractivity contribution in [2.75, 3.05) is 31.1 Å². The minimum atomic E-state index is -0.392. The van der Waals surface area contributed by atoms with Crippen LogP contribution in [0, 0.1) is 17.0 Å². The van der Waals surface area contributed by atoms with Gasteiger partial charge in [-0.25, -0.2) is 4.98 Å². The molecule has 0 radical (unpaired) electrons. The second kappa shape index (κ2) is 6.43. The van der Waals surface area contributed by atoms with Gasteiger partial charge in [-0.1, -0.05) is 19.1 Å². The van der Waals surface area contributed by atoms with Crippen LogP contribution >= 0.6 is 0 Å². The first-order valence-electron chi connectivity index (χ1n) is 8.08. The Morgan fingerprint density at radius 2 is 2.00 bits per heavy atom. The summed E-state index contributed by atoms with van der Waals surface area (Å²) in [6.07, 6.45) is 0.517. The SMILES string of the molecule is CCC(=O)N1CCN(c2cc(C)nc3c([N+](=O)[O-])cccc23)CC1. The molecule has 1 fully saturated rings. The Labute approximate surface area is 140 Å². The molecule has 2 aromatic rings. The molecule has 0 unspecified atom stereocenters. The van der Waals surface area contributed by atoms with Crippen molar-refractivity contribution < 1.29 is 9.72 Å². The van der Waals surface area contributed by atoms with E-state index in [-0.39, 0.29) is 11.6 Å². The lowest BCUT2D eigenvalue weighted by Crippen LogP contribution is -2.48. The molecule has 24 heavy (non-hydrogen) atoms. The summed E-state index contributed by atoms with van der Waals surface area (Å²) < 4.78 is 0. The van der Waals surface area contributed by atoms with E-state index in [1.165, 1.54) is 6.07 Å². The van der Waals surface area contributed by atoms with Gasteiger partial charge in [0.2, 0.25) is 5.91 Å². The van der Waals surface area contributed by atoms with Crippen molar-refractivity contribution >= 4 is 28.2 Å². The number of carbonyl (C=O) groups excluding carboxylic acids is 1. The van der Waals surface area contributed by atoms with Gasteiger partial charge in [0, 0.05) is 55.4 Å². The predicted octanol–water partition coefficient (Wildman–Crippen LogP) is 2.51. The summed E-state index contributed by atoms with van der Waals surface area (Å²) in [5.74, 6) is 0.168. The maximum Gasteiger partial charge on any atom is 0.295 e. The van der Waals surface area contributed by atoms with Gasteiger partial charge in [-0.3, -0.25) is 14.9 Å².